The van der Waals surface area contributed by atoms with E-state index >= 15 is 0 Å². The smallest absolute Gasteiger partial charge is 0.333 e. The first kappa shape index (κ1) is 27.6. The summed E-state index contributed by atoms with van der Waals surface area (Å²) in [5.41, 5.74) is 0.482. The van der Waals surface area contributed by atoms with Crippen LogP contribution in [-0.4, -0.2) is 25.2 Å². The molecule has 158 valence electrons. The molecule has 4 heteroatoms. The maximum Gasteiger partial charge on any atom is 0.333 e. The summed E-state index contributed by atoms with van der Waals surface area (Å²) < 4.78 is 10.1. The van der Waals surface area contributed by atoms with E-state index in [-0.39, 0.29) is 11.9 Å². The van der Waals surface area contributed by atoms with Crippen LogP contribution in [0.15, 0.2) is 24.8 Å². The molecule has 0 saturated carbocycles. The van der Waals surface area contributed by atoms with Gasteiger partial charge in [0.05, 0.1) is 13.2 Å². The third-order valence-electron chi connectivity index (χ3n) is 4.51. The minimum atomic E-state index is -0.310. The van der Waals surface area contributed by atoms with Gasteiger partial charge >= 0.3 is 11.9 Å². The summed E-state index contributed by atoms with van der Waals surface area (Å²) in [6, 6.07) is 0. The van der Waals surface area contributed by atoms with Crippen molar-refractivity contribution >= 4 is 11.9 Å². The highest BCUT2D eigenvalue weighted by molar-refractivity contribution is 5.86. The Kier molecular flexibility index (Phi) is 19.6. The van der Waals surface area contributed by atoms with Crippen molar-refractivity contribution in [2.45, 2.75) is 86.0 Å². The van der Waals surface area contributed by atoms with Crippen LogP contribution in [0.4, 0.5) is 0 Å². The summed E-state index contributed by atoms with van der Waals surface area (Å²) in [5.74, 6) is 0.456. The minimum absolute atomic E-state index is 0.264. The molecule has 0 aromatic carbocycles. The third-order valence-corrected chi connectivity index (χ3v) is 4.51. The number of hydrogen-bond donors (Lipinski definition) is 0. The average Bonchev–Trinajstić information content (AvgIpc) is 2.68. The Bertz CT molecular complexity index is 415. The number of rotatable bonds is 14. The molecular formula is C23H42O4. The molecule has 0 aliphatic carbocycles. The number of ether oxygens (including phenoxy) is 2. The number of unbranched alkanes of at least 4 members (excludes halogenated alkanes) is 2. The largest absolute Gasteiger partial charge is 0.462 e. The normalized spacial score (nSPS) is 12.2. The Hall–Kier alpha value is -1.58. The van der Waals surface area contributed by atoms with Gasteiger partial charge in [-0.3, -0.25) is 0 Å². The second-order valence-electron chi connectivity index (χ2n) is 7.05. The van der Waals surface area contributed by atoms with E-state index in [0.717, 1.165) is 25.7 Å². The number of carbonyl (C=O) groups is 2. The lowest BCUT2D eigenvalue weighted by molar-refractivity contribution is -0.140. The van der Waals surface area contributed by atoms with Crippen LogP contribution in [0.2, 0.25) is 0 Å². The van der Waals surface area contributed by atoms with Gasteiger partial charge in [0, 0.05) is 11.6 Å². The highest BCUT2D eigenvalue weighted by atomic mass is 16.5. The van der Waals surface area contributed by atoms with Crippen molar-refractivity contribution < 1.29 is 19.1 Å². The van der Waals surface area contributed by atoms with E-state index < -0.39 is 0 Å². The molecule has 2 atom stereocenters. The van der Waals surface area contributed by atoms with E-state index in [2.05, 4.69) is 40.9 Å². The molecule has 0 rings (SSSR count). The second kappa shape index (κ2) is 19.2. The van der Waals surface area contributed by atoms with Crippen molar-refractivity contribution in [1.29, 1.82) is 0 Å². The Morgan fingerprint density at radius 2 is 1.33 bits per heavy atom. The number of esters is 2. The van der Waals surface area contributed by atoms with Gasteiger partial charge in [-0.2, -0.15) is 0 Å². The molecule has 0 aliphatic rings. The fourth-order valence-electron chi connectivity index (χ4n) is 2.37. The lowest BCUT2D eigenvalue weighted by atomic mass is 10.0. The molecule has 0 bridgehead atoms. The van der Waals surface area contributed by atoms with Crippen molar-refractivity contribution in [3.8, 4) is 0 Å². The quantitative estimate of drug-likeness (QED) is 0.263. The van der Waals surface area contributed by atoms with Gasteiger partial charge < -0.3 is 9.47 Å². The Morgan fingerprint density at radius 1 is 0.889 bits per heavy atom. The molecule has 0 spiro atoms. The maximum atomic E-state index is 11.1. The summed E-state index contributed by atoms with van der Waals surface area (Å²) in [6.45, 7) is 18.3. The molecule has 0 aromatic rings. The molecule has 0 amide bonds. The minimum Gasteiger partial charge on any atom is -0.462 e. The Labute approximate surface area is 167 Å². The Morgan fingerprint density at radius 3 is 1.67 bits per heavy atom. The van der Waals surface area contributed by atoms with Gasteiger partial charge in [-0.25, -0.2) is 9.59 Å². The lowest BCUT2D eigenvalue weighted by Crippen LogP contribution is -2.14. The van der Waals surface area contributed by atoms with Gasteiger partial charge in [0.1, 0.15) is 0 Å². The molecule has 2 unspecified atom stereocenters. The summed E-state index contributed by atoms with van der Waals surface area (Å²) in [5, 5.41) is 0. The lowest BCUT2D eigenvalue weighted by Gasteiger charge is -2.14. The van der Waals surface area contributed by atoms with E-state index in [4.69, 9.17) is 9.47 Å². The van der Waals surface area contributed by atoms with Crippen molar-refractivity contribution in [3.63, 3.8) is 0 Å². The van der Waals surface area contributed by atoms with Gasteiger partial charge in [-0.1, -0.05) is 79.4 Å². The predicted molar refractivity (Wildman–Crippen MR) is 114 cm³/mol. The van der Waals surface area contributed by atoms with Crippen molar-refractivity contribution in [2.24, 2.45) is 11.8 Å². The average molecular weight is 383 g/mol. The highest BCUT2D eigenvalue weighted by Crippen LogP contribution is 2.14. The van der Waals surface area contributed by atoms with Gasteiger partial charge in [0.15, 0.2) is 0 Å². The highest BCUT2D eigenvalue weighted by Gasteiger charge is 2.10. The molecule has 0 saturated heterocycles. The molecule has 27 heavy (non-hydrogen) atoms. The van der Waals surface area contributed by atoms with Crippen LogP contribution in [0.25, 0.3) is 0 Å². The van der Waals surface area contributed by atoms with E-state index in [9.17, 15) is 9.59 Å². The van der Waals surface area contributed by atoms with Crippen LogP contribution >= 0.6 is 0 Å². The van der Waals surface area contributed by atoms with Crippen molar-refractivity contribution in [2.75, 3.05) is 13.2 Å². The van der Waals surface area contributed by atoms with Gasteiger partial charge in [-0.05, 0) is 31.6 Å². The van der Waals surface area contributed by atoms with Crippen LogP contribution in [0.5, 0.6) is 0 Å². The molecule has 0 aromatic heterocycles. The van der Waals surface area contributed by atoms with Crippen LogP contribution in [0, 0.1) is 11.8 Å². The van der Waals surface area contributed by atoms with Crippen molar-refractivity contribution in [3.05, 3.63) is 24.8 Å². The summed E-state index contributed by atoms with van der Waals surface area (Å²) in [7, 11) is 0. The molecule has 0 heterocycles. The maximum absolute atomic E-state index is 11.1. The second-order valence-corrected chi connectivity index (χ2v) is 7.05. The van der Waals surface area contributed by atoms with Crippen LogP contribution in [-0.2, 0) is 19.1 Å². The summed E-state index contributed by atoms with van der Waals surface area (Å²) in [6.07, 6.45) is 10.5. The Balaban J connectivity index is 0. The first-order valence-corrected chi connectivity index (χ1v) is 10.5. The van der Waals surface area contributed by atoms with Gasteiger partial charge in [-0.15, -0.1) is 0 Å². The fourth-order valence-corrected chi connectivity index (χ4v) is 2.37. The van der Waals surface area contributed by atoms with Gasteiger partial charge in [0.2, 0.25) is 0 Å². The van der Waals surface area contributed by atoms with E-state index in [0.29, 0.717) is 30.6 Å². The van der Waals surface area contributed by atoms with Crippen LogP contribution < -0.4 is 0 Å². The molecular weight excluding hydrogens is 340 g/mol. The van der Waals surface area contributed by atoms with Crippen LogP contribution in [0.3, 0.4) is 0 Å². The first-order valence-electron chi connectivity index (χ1n) is 10.5. The SMILES string of the molecule is C=C(C)C(=O)OCC(CC)CCCC.C=CC(=O)OCC(CC)CCCC. The topological polar surface area (TPSA) is 52.6 Å². The monoisotopic (exact) mass is 382 g/mol. The number of carbonyl (C=O) groups excluding carboxylic acids is 2. The van der Waals surface area contributed by atoms with Crippen LogP contribution in [0.1, 0.15) is 86.0 Å². The number of hydrogen-bond acceptors (Lipinski definition) is 4. The molecule has 4 nitrogen and oxygen atoms in total. The van der Waals surface area contributed by atoms with E-state index in [1.807, 2.05) is 0 Å². The van der Waals surface area contributed by atoms with Gasteiger partial charge in [0.25, 0.3) is 0 Å². The molecule has 0 N–H and O–H groups in total. The predicted octanol–water partition coefficient (Wildman–Crippen LogP) is 6.25. The zero-order chi connectivity index (χ0) is 21.1. The summed E-state index contributed by atoms with van der Waals surface area (Å²) in [4.78, 5) is 21.9. The summed E-state index contributed by atoms with van der Waals surface area (Å²) >= 11 is 0. The first-order chi connectivity index (χ1) is 12.9. The molecule has 0 fully saturated rings. The zero-order valence-corrected chi connectivity index (χ0v) is 18.4. The standard InChI is InChI=1S/C12H22O2.C11H20O2/c1-5-7-8-11(6-2)9-14-12(13)10(3)4;1-4-7-8-10(5-2)9-13-11(12)6-3/h11H,3,5-9H2,1-2,4H3;6,10H,3-5,7-9H2,1-2H3. The van der Waals surface area contributed by atoms with E-state index in [1.54, 1.807) is 6.92 Å². The van der Waals surface area contributed by atoms with E-state index in [1.165, 1.54) is 31.8 Å². The fraction of sp³-hybridized carbons (Fsp3) is 0.739. The van der Waals surface area contributed by atoms with Crippen molar-refractivity contribution in [1.82, 2.24) is 0 Å². The molecule has 0 radical (unpaired) electrons. The molecule has 0 aliphatic heterocycles. The third kappa shape index (κ3) is 17.6. The zero-order valence-electron chi connectivity index (χ0n) is 18.4.